The highest BCUT2D eigenvalue weighted by atomic mass is 35.5. The van der Waals surface area contributed by atoms with Gasteiger partial charge in [0.25, 0.3) is 5.91 Å². The fourth-order valence-corrected chi connectivity index (χ4v) is 4.72. The molecule has 184 valence electrons. The molecule has 0 aromatic heterocycles. The third kappa shape index (κ3) is 6.47. The number of aryl methyl sites for hydroxylation is 1. The third-order valence-electron chi connectivity index (χ3n) is 5.10. The van der Waals surface area contributed by atoms with Crippen LogP contribution in [0.1, 0.15) is 19.4 Å². The van der Waals surface area contributed by atoms with Crippen LogP contribution in [-0.2, 0) is 29.1 Å². The van der Waals surface area contributed by atoms with E-state index in [-0.39, 0.29) is 18.0 Å². The van der Waals surface area contributed by atoms with Gasteiger partial charge in [0.15, 0.2) is 12.2 Å². The molecule has 1 saturated heterocycles. The van der Waals surface area contributed by atoms with Crippen LogP contribution in [0.5, 0.6) is 5.75 Å². The first-order valence-electron chi connectivity index (χ1n) is 10.6. The summed E-state index contributed by atoms with van der Waals surface area (Å²) in [5.41, 5.74) is -0.380. The van der Waals surface area contributed by atoms with Gasteiger partial charge in [-0.1, -0.05) is 17.7 Å². The molecule has 1 aliphatic rings. The molecular weight excluding hydrogens is 484 g/mol. The summed E-state index contributed by atoms with van der Waals surface area (Å²) in [5, 5.41) is 3.14. The molecular formula is C23H27ClN2O7S. The first kappa shape index (κ1) is 26.0. The van der Waals surface area contributed by atoms with Crippen LogP contribution in [0.15, 0.2) is 47.4 Å². The van der Waals surface area contributed by atoms with E-state index in [4.69, 9.17) is 25.8 Å². The molecule has 1 heterocycles. The van der Waals surface area contributed by atoms with E-state index in [1.807, 2.05) is 0 Å². The van der Waals surface area contributed by atoms with Crippen molar-refractivity contribution in [2.45, 2.75) is 31.3 Å². The van der Waals surface area contributed by atoms with Crippen molar-refractivity contribution in [3.8, 4) is 5.75 Å². The number of hydrogen-bond acceptors (Lipinski definition) is 7. The highest BCUT2D eigenvalue weighted by Gasteiger charge is 2.32. The van der Waals surface area contributed by atoms with E-state index in [9.17, 15) is 18.0 Å². The normalized spacial score (nSPS) is 14.9. The maximum Gasteiger partial charge on any atom is 0.350 e. The first-order chi connectivity index (χ1) is 16.0. The van der Waals surface area contributed by atoms with Gasteiger partial charge in [-0.2, -0.15) is 4.31 Å². The second-order valence-electron chi connectivity index (χ2n) is 8.18. The summed E-state index contributed by atoms with van der Waals surface area (Å²) in [5.74, 6) is -0.928. The number of hydrogen-bond donors (Lipinski definition) is 1. The van der Waals surface area contributed by atoms with Gasteiger partial charge in [0, 0.05) is 23.8 Å². The Morgan fingerprint density at radius 3 is 2.41 bits per heavy atom. The van der Waals surface area contributed by atoms with E-state index in [1.165, 1.54) is 30.3 Å². The second-order valence-corrected chi connectivity index (χ2v) is 10.6. The Balaban J connectivity index is 1.61. The number of halogens is 1. The van der Waals surface area contributed by atoms with Gasteiger partial charge in [0.1, 0.15) is 5.75 Å². The van der Waals surface area contributed by atoms with Crippen molar-refractivity contribution >= 4 is 39.2 Å². The Bertz CT molecular complexity index is 1140. The summed E-state index contributed by atoms with van der Waals surface area (Å²) < 4.78 is 43.1. The number of benzene rings is 2. The monoisotopic (exact) mass is 510 g/mol. The van der Waals surface area contributed by atoms with Crippen molar-refractivity contribution in [3.63, 3.8) is 0 Å². The number of amides is 1. The van der Waals surface area contributed by atoms with Crippen LogP contribution in [-0.4, -0.2) is 63.1 Å². The SMILES string of the molecule is Cc1ccc(S(=O)(=O)N2CCOCC2)cc1NC(=O)COC(=O)C(C)(C)Oc1ccc(Cl)cc1. The molecule has 0 unspecified atom stereocenters. The van der Waals surface area contributed by atoms with Gasteiger partial charge in [-0.25, -0.2) is 13.2 Å². The summed E-state index contributed by atoms with van der Waals surface area (Å²) in [6.07, 6.45) is 0. The maximum atomic E-state index is 12.9. The quantitative estimate of drug-likeness (QED) is 0.543. The number of carbonyl (C=O) groups is 2. The maximum absolute atomic E-state index is 12.9. The Morgan fingerprint density at radius 2 is 1.76 bits per heavy atom. The van der Waals surface area contributed by atoms with Gasteiger partial charge in [0.2, 0.25) is 10.0 Å². The van der Waals surface area contributed by atoms with Gasteiger partial charge >= 0.3 is 5.97 Å². The van der Waals surface area contributed by atoms with Crippen LogP contribution >= 0.6 is 11.6 Å². The van der Waals surface area contributed by atoms with Crippen LogP contribution in [0.25, 0.3) is 0 Å². The van der Waals surface area contributed by atoms with Gasteiger partial charge < -0.3 is 19.5 Å². The molecule has 2 aromatic rings. The molecule has 11 heteroatoms. The number of esters is 1. The molecule has 34 heavy (non-hydrogen) atoms. The van der Waals surface area contributed by atoms with Crippen molar-refractivity contribution in [1.29, 1.82) is 0 Å². The minimum atomic E-state index is -3.72. The van der Waals surface area contributed by atoms with E-state index in [0.717, 1.165) is 0 Å². The molecule has 0 spiro atoms. The first-order valence-corrected chi connectivity index (χ1v) is 12.4. The highest BCUT2D eigenvalue weighted by molar-refractivity contribution is 7.89. The lowest BCUT2D eigenvalue weighted by Gasteiger charge is -2.26. The van der Waals surface area contributed by atoms with Gasteiger partial charge in [-0.05, 0) is 62.7 Å². The van der Waals surface area contributed by atoms with Crippen molar-refractivity contribution in [3.05, 3.63) is 53.1 Å². The van der Waals surface area contributed by atoms with Crippen molar-refractivity contribution in [2.24, 2.45) is 0 Å². The predicted octanol–water partition coefficient (Wildman–Crippen LogP) is 3.01. The van der Waals surface area contributed by atoms with Crippen LogP contribution in [0, 0.1) is 6.92 Å². The van der Waals surface area contributed by atoms with E-state index in [0.29, 0.717) is 35.2 Å². The van der Waals surface area contributed by atoms with Gasteiger partial charge in [-0.15, -0.1) is 0 Å². The molecule has 0 radical (unpaired) electrons. The summed E-state index contributed by atoms with van der Waals surface area (Å²) in [7, 11) is -3.72. The van der Waals surface area contributed by atoms with E-state index in [1.54, 1.807) is 37.3 Å². The molecule has 1 aliphatic heterocycles. The number of rotatable bonds is 8. The zero-order valence-corrected chi connectivity index (χ0v) is 20.7. The smallest absolute Gasteiger partial charge is 0.350 e. The number of nitrogens with one attached hydrogen (secondary N) is 1. The fraction of sp³-hybridized carbons (Fsp3) is 0.391. The Morgan fingerprint density at radius 1 is 1.12 bits per heavy atom. The number of ether oxygens (including phenoxy) is 3. The molecule has 2 aromatic carbocycles. The summed E-state index contributed by atoms with van der Waals surface area (Å²) in [4.78, 5) is 25.0. The molecule has 0 bridgehead atoms. The zero-order chi connectivity index (χ0) is 24.9. The number of morpholine rings is 1. The predicted molar refractivity (Wildman–Crippen MR) is 127 cm³/mol. The number of anilines is 1. The zero-order valence-electron chi connectivity index (χ0n) is 19.2. The van der Waals surface area contributed by atoms with Crippen LogP contribution in [0.2, 0.25) is 5.02 Å². The number of carbonyl (C=O) groups excluding carboxylic acids is 2. The molecule has 1 fully saturated rings. The molecule has 1 N–H and O–H groups in total. The Hall–Kier alpha value is -2.66. The molecule has 1 amide bonds. The lowest BCUT2D eigenvalue weighted by atomic mass is 10.1. The highest BCUT2D eigenvalue weighted by Crippen LogP contribution is 2.24. The Kier molecular flexibility index (Phi) is 8.19. The average Bonchev–Trinajstić information content (AvgIpc) is 2.80. The minimum absolute atomic E-state index is 0.0600. The molecule has 3 rings (SSSR count). The third-order valence-corrected chi connectivity index (χ3v) is 7.25. The van der Waals surface area contributed by atoms with Gasteiger partial charge in [-0.3, -0.25) is 4.79 Å². The molecule has 9 nitrogen and oxygen atoms in total. The number of sulfonamides is 1. The van der Waals surface area contributed by atoms with Crippen LogP contribution in [0.4, 0.5) is 5.69 Å². The second kappa shape index (κ2) is 10.7. The van der Waals surface area contributed by atoms with Crippen LogP contribution in [0.3, 0.4) is 0 Å². The standard InChI is InChI=1S/C23H27ClN2O7S/c1-16-4-9-19(34(29,30)26-10-12-31-13-11-26)14-20(16)25-21(27)15-32-22(28)23(2,3)33-18-7-5-17(24)6-8-18/h4-9,14H,10-13,15H2,1-3H3,(H,25,27). The van der Waals surface area contributed by atoms with Crippen molar-refractivity contribution in [1.82, 2.24) is 4.31 Å². The summed E-state index contributed by atoms with van der Waals surface area (Å²) >= 11 is 5.85. The van der Waals surface area contributed by atoms with Crippen molar-refractivity contribution < 1.29 is 32.2 Å². The van der Waals surface area contributed by atoms with E-state index in [2.05, 4.69) is 5.32 Å². The minimum Gasteiger partial charge on any atom is -0.476 e. The van der Waals surface area contributed by atoms with Crippen LogP contribution < -0.4 is 10.1 Å². The van der Waals surface area contributed by atoms with Crippen molar-refractivity contribution in [2.75, 3.05) is 38.2 Å². The van der Waals surface area contributed by atoms with Gasteiger partial charge in [0.05, 0.1) is 18.1 Å². The molecule has 0 atom stereocenters. The van der Waals surface area contributed by atoms with E-state index >= 15 is 0 Å². The molecule has 0 aliphatic carbocycles. The topological polar surface area (TPSA) is 111 Å². The lowest BCUT2D eigenvalue weighted by Crippen LogP contribution is -2.41. The average molecular weight is 511 g/mol. The molecule has 0 saturated carbocycles. The fourth-order valence-electron chi connectivity index (χ4n) is 3.16. The Labute approximate surface area is 204 Å². The largest absolute Gasteiger partial charge is 0.476 e. The van der Waals surface area contributed by atoms with E-state index < -0.39 is 34.1 Å². The summed E-state index contributed by atoms with van der Waals surface area (Å²) in [6, 6.07) is 11.0. The lowest BCUT2D eigenvalue weighted by molar-refractivity contribution is -0.161. The number of nitrogens with zero attached hydrogens (tertiary/aromatic N) is 1. The summed E-state index contributed by atoms with van der Waals surface area (Å²) in [6.45, 7) is 5.40.